The summed E-state index contributed by atoms with van der Waals surface area (Å²) in [5.74, 6) is -0.216. The van der Waals surface area contributed by atoms with E-state index in [1.54, 1.807) is 0 Å². The third-order valence-corrected chi connectivity index (χ3v) is 2.60. The Hall–Kier alpha value is -0.710. The molecule has 82 valence electrons. The van der Waals surface area contributed by atoms with Gasteiger partial charge in [-0.1, -0.05) is 6.92 Å². The van der Waals surface area contributed by atoms with Crippen LogP contribution in [0.2, 0.25) is 0 Å². The summed E-state index contributed by atoms with van der Waals surface area (Å²) >= 11 is 0. The molecule has 1 fully saturated rings. The maximum atomic E-state index is 12.1. The van der Waals surface area contributed by atoms with Crippen LogP contribution in [0, 0.1) is 11.8 Å². The summed E-state index contributed by atoms with van der Waals surface area (Å²) in [6, 6.07) is -1.06. The molecular weight excluding hydrogens is 190 g/mol. The van der Waals surface area contributed by atoms with Gasteiger partial charge in [-0.05, 0) is 19.4 Å². The van der Waals surface area contributed by atoms with Crippen molar-refractivity contribution in [3.8, 4) is 0 Å². The number of nitrogens with one attached hydrogen (secondary N) is 2. The predicted molar refractivity (Wildman–Crippen MR) is 49.1 cm³/mol. The van der Waals surface area contributed by atoms with Gasteiger partial charge in [0.2, 0.25) is 5.91 Å². The van der Waals surface area contributed by atoms with Crippen LogP contribution < -0.4 is 10.6 Å². The van der Waals surface area contributed by atoms with E-state index >= 15 is 0 Å². The van der Waals surface area contributed by atoms with Gasteiger partial charge in [0.25, 0.3) is 6.43 Å². The number of hydrogen-bond donors (Lipinski definition) is 2. The molecule has 5 heteroatoms. The molecule has 3 unspecified atom stereocenters. The summed E-state index contributed by atoms with van der Waals surface area (Å²) in [5, 5.41) is 5.38. The Morgan fingerprint density at radius 2 is 2.14 bits per heavy atom. The monoisotopic (exact) mass is 206 g/mol. The van der Waals surface area contributed by atoms with Crippen LogP contribution in [0.25, 0.3) is 0 Å². The van der Waals surface area contributed by atoms with Crippen molar-refractivity contribution in [2.24, 2.45) is 11.8 Å². The van der Waals surface area contributed by atoms with Gasteiger partial charge in [-0.15, -0.1) is 0 Å². The van der Waals surface area contributed by atoms with Crippen LogP contribution in [0.1, 0.15) is 13.8 Å². The summed E-state index contributed by atoms with van der Waals surface area (Å²) in [4.78, 5) is 11.5. The van der Waals surface area contributed by atoms with Crippen molar-refractivity contribution in [1.82, 2.24) is 10.6 Å². The Balaban J connectivity index is 2.41. The van der Waals surface area contributed by atoms with E-state index in [1.165, 1.54) is 6.92 Å². The molecule has 0 aromatic carbocycles. The van der Waals surface area contributed by atoms with Gasteiger partial charge in [-0.25, -0.2) is 8.78 Å². The molecule has 0 bridgehead atoms. The minimum atomic E-state index is -2.50. The topological polar surface area (TPSA) is 41.1 Å². The number of rotatable bonds is 3. The minimum Gasteiger partial charge on any atom is -0.348 e. The zero-order chi connectivity index (χ0) is 10.7. The molecule has 1 aliphatic rings. The standard InChI is InChI=1S/C9H16F2N2O/c1-5-3-12-4-7(5)9(14)13-6(2)8(10)11/h5-8,12H,3-4H2,1-2H3,(H,13,14). The molecule has 1 rings (SSSR count). The first-order valence-corrected chi connectivity index (χ1v) is 4.81. The van der Waals surface area contributed by atoms with Gasteiger partial charge in [0.15, 0.2) is 0 Å². The lowest BCUT2D eigenvalue weighted by Gasteiger charge is -2.18. The fourth-order valence-corrected chi connectivity index (χ4v) is 1.56. The van der Waals surface area contributed by atoms with Gasteiger partial charge in [0.05, 0.1) is 12.0 Å². The number of carbonyl (C=O) groups excluding carboxylic acids is 1. The first-order valence-electron chi connectivity index (χ1n) is 4.81. The Morgan fingerprint density at radius 1 is 1.50 bits per heavy atom. The average molecular weight is 206 g/mol. The van der Waals surface area contributed by atoms with E-state index in [4.69, 9.17) is 0 Å². The molecule has 1 amide bonds. The maximum absolute atomic E-state index is 12.1. The van der Waals surface area contributed by atoms with Crippen molar-refractivity contribution in [3.05, 3.63) is 0 Å². The molecule has 0 radical (unpaired) electrons. The smallest absolute Gasteiger partial charge is 0.258 e. The average Bonchev–Trinajstić information content (AvgIpc) is 2.51. The van der Waals surface area contributed by atoms with Crippen LogP contribution in [0.5, 0.6) is 0 Å². The highest BCUT2D eigenvalue weighted by molar-refractivity contribution is 5.79. The molecular formula is C9H16F2N2O. The van der Waals surface area contributed by atoms with E-state index in [2.05, 4.69) is 10.6 Å². The number of hydrogen-bond acceptors (Lipinski definition) is 2. The van der Waals surface area contributed by atoms with E-state index in [0.717, 1.165) is 6.54 Å². The summed E-state index contributed by atoms with van der Waals surface area (Å²) < 4.78 is 24.3. The highest BCUT2D eigenvalue weighted by Gasteiger charge is 2.31. The lowest BCUT2D eigenvalue weighted by molar-refractivity contribution is -0.127. The first kappa shape index (κ1) is 11.4. The molecule has 1 heterocycles. The van der Waals surface area contributed by atoms with E-state index < -0.39 is 12.5 Å². The van der Waals surface area contributed by atoms with E-state index in [1.807, 2.05) is 6.92 Å². The Kier molecular flexibility index (Phi) is 3.80. The summed E-state index contributed by atoms with van der Waals surface area (Å²) in [5.41, 5.74) is 0. The number of alkyl halides is 2. The molecule has 1 saturated heterocycles. The SMILES string of the molecule is CC1CNCC1C(=O)NC(C)C(F)F. The Morgan fingerprint density at radius 3 is 2.57 bits per heavy atom. The van der Waals surface area contributed by atoms with Crippen LogP contribution in [0.4, 0.5) is 8.78 Å². The van der Waals surface area contributed by atoms with Gasteiger partial charge in [-0.3, -0.25) is 4.79 Å². The molecule has 3 atom stereocenters. The predicted octanol–water partition coefficient (Wildman–Crippen LogP) is 0.612. The quantitative estimate of drug-likeness (QED) is 0.710. The van der Waals surface area contributed by atoms with E-state index in [9.17, 15) is 13.6 Å². The minimum absolute atomic E-state index is 0.170. The molecule has 0 saturated carbocycles. The van der Waals surface area contributed by atoms with Gasteiger partial charge in [0, 0.05) is 6.54 Å². The van der Waals surface area contributed by atoms with Crippen molar-refractivity contribution < 1.29 is 13.6 Å². The molecule has 0 aromatic heterocycles. The lowest BCUT2D eigenvalue weighted by Crippen LogP contribution is -2.42. The Labute approximate surface area is 82.2 Å². The normalized spacial score (nSPS) is 29.2. The van der Waals surface area contributed by atoms with Crippen molar-refractivity contribution >= 4 is 5.91 Å². The van der Waals surface area contributed by atoms with E-state index in [0.29, 0.717) is 6.54 Å². The van der Waals surface area contributed by atoms with Crippen molar-refractivity contribution in [3.63, 3.8) is 0 Å². The fourth-order valence-electron chi connectivity index (χ4n) is 1.56. The van der Waals surface area contributed by atoms with Gasteiger partial charge in [0.1, 0.15) is 0 Å². The third kappa shape index (κ3) is 2.64. The van der Waals surface area contributed by atoms with E-state index in [-0.39, 0.29) is 17.7 Å². The second kappa shape index (κ2) is 4.68. The highest BCUT2D eigenvalue weighted by Crippen LogP contribution is 2.16. The molecule has 0 aliphatic carbocycles. The van der Waals surface area contributed by atoms with Crippen molar-refractivity contribution in [2.75, 3.05) is 13.1 Å². The number of halogens is 2. The second-order valence-corrected chi connectivity index (χ2v) is 3.87. The van der Waals surface area contributed by atoms with Crippen LogP contribution >= 0.6 is 0 Å². The fraction of sp³-hybridized carbons (Fsp3) is 0.889. The van der Waals surface area contributed by atoms with Crippen molar-refractivity contribution in [2.45, 2.75) is 26.3 Å². The molecule has 1 aliphatic heterocycles. The maximum Gasteiger partial charge on any atom is 0.258 e. The summed E-state index contributed by atoms with van der Waals surface area (Å²) in [6.07, 6.45) is -2.50. The van der Waals surface area contributed by atoms with Gasteiger partial charge in [-0.2, -0.15) is 0 Å². The summed E-state index contributed by atoms with van der Waals surface area (Å²) in [6.45, 7) is 4.62. The Bertz CT molecular complexity index is 211. The first-order chi connectivity index (χ1) is 6.52. The van der Waals surface area contributed by atoms with Gasteiger partial charge >= 0.3 is 0 Å². The van der Waals surface area contributed by atoms with Gasteiger partial charge < -0.3 is 10.6 Å². The third-order valence-electron chi connectivity index (χ3n) is 2.60. The lowest BCUT2D eigenvalue weighted by atomic mass is 9.97. The van der Waals surface area contributed by atoms with Crippen LogP contribution in [-0.2, 0) is 4.79 Å². The highest BCUT2D eigenvalue weighted by atomic mass is 19.3. The number of amides is 1. The molecule has 0 spiro atoms. The molecule has 14 heavy (non-hydrogen) atoms. The molecule has 3 nitrogen and oxygen atoms in total. The van der Waals surface area contributed by atoms with Crippen LogP contribution in [0.15, 0.2) is 0 Å². The molecule has 0 aromatic rings. The molecule has 2 N–H and O–H groups in total. The largest absolute Gasteiger partial charge is 0.348 e. The van der Waals surface area contributed by atoms with Crippen molar-refractivity contribution in [1.29, 1.82) is 0 Å². The second-order valence-electron chi connectivity index (χ2n) is 3.87. The zero-order valence-corrected chi connectivity index (χ0v) is 8.39. The van der Waals surface area contributed by atoms with Crippen LogP contribution in [0.3, 0.4) is 0 Å². The summed E-state index contributed by atoms with van der Waals surface area (Å²) in [7, 11) is 0. The van der Waals surface area contributed by atoms with Crippen LogP contribution in [-0.4, -0.2) is 31.5 Å². The zero-order valence-electron chi connectivity index (χ0n) is 8.39. The number of carbonyl (C=O) groups is 1.